The Bertz CT molecular complexity index is 663. The van der Waals surface area contributed by atoms with Gasteiger partial charge in [-0.3, -0.25) is 4.98 Å². The molecule has 0 aromatic carbocycles. The van der Waals surface area contributed by atoms with Crippen LogP contribution in [0.2, 0.25) is 0 Å². The molecule has 0 aliphatic carbocycles. The Hall–Kier alpha value is -2.47. The molecular formula is C13H16F3N5O4. The SMILES string of the molecule is COC1(OC)CN/C(=N\[N+](=O)[O-])N(Cc2ncccc2C(F)(F)F)C1. The molecule has 0 atom stereocenters. The lowest BCUT2D eigenvalue weighted by molar-refractivity contribution is -0.486. The Labute approximate surface area is 140 Å². The van der Waals surface area contributed by atoms with Crippen molar-refractivity contribution in [2.75, 3.05) is 27.3 Å². The summed E-state index contributed by atoms with van der Waals surface area (Å²) in [6.07, 6.45) is -3.39. The first-order valence-electron chi connectivity index (χ1n) is 7.04. The number of aromatic nitrogens is 1. The minimum atomic E-state index is -4.60. The zero-order chi connectivity index (χ0) is 18.7. The van der Waals surface area contributed by atoms with Gasteiger partial charge in [0.05, 0.1) is 30.9 Å². The predicted molar refractivity (Wildman–Crippen MR) is 78.8 cm³/mol. The standard InChI is InChI=1S/C13H16F3N5O4/c1-24-12(25-2)7-18-11(19-21(22)23)20(8-12)6-10-9(13(14,15)16)4-3-5-17-10/h3-5H,6-8H2,1-2H3,(H,18,19). The Morgan fingerprint density at radius 2 is 2.16 bits per heavy atom. The second-order valence-corrected chi connectivity index (χ2v) is 5.19. The quantitative estimate of drug-likeness (QED) is 0.474. The Morgan fingerprint density at radius 3 is 2.72 bits per heavy atom. The smallest absolute Gasteiger partial charge is 0.350 e. The van der Waals surface area contributed by atoms with Gasteiger partial charge in [0, 0.05) is 20.4 Å². The summed E-state index contributed by atoms with van der Waals surface area (Å²) in [6, 6.07) is 2.06. The minimum Gasteiger partial charge on any atom is -0.350 e. The number of ether oxygens (including phenoxy) is 2. The van der Waals surface area contributed by atoms with E-state index in [-0.39, 0.29) is 31.3 Å². The molecule has 2 heterocycles. The molecule has 0 radical (unpaired) electrons. The second kappa shape index (κ2) is 7.19. The van der Waals surface area contributed by atoms with Crippen LogP contribution < -0.4 is 5.32 Å². The van der Waals surface area contributed by atoms with E-state index in [1.165, 1.54) is 31.4 Å². The van der Waals surface area contributed by atoms with Crippen molar-refractivity contribution in [3.63, 3.8) is 0 Å². The van der Waals surface area contributed by atoms with Crippen molar-refractivity contribution in [2.24, 2.45) is 5.10 Å². The van der Waals surface area contributed by atoms with E-state index in [2.05, 4.69) is 15.4 Å². The van der Waals surface area contributed by atoms with Gasteiger partial charge in [-0.1, -0.05) is 0 Å². The maximum Gasteiger partial charge on any atom is 0.418 e. The van der Waals surface area contributed by atoms with E-state index >= 15 is 0 Å². The van der Waals surface area contributed by atoms with Crippen LogP contribution in [0.1, 0.15) is 11.3 Å². The van der Waals surface area contributed by atoms with Gasteiger partial charge in [0.1, 0.15) is 5.10 Å². The summed E-state index contributed by atoms with van der Waals surface area (Å²) < 4.78 is 49.9. The molecule has 1 aliphatic heterocycles. The van der Waals surface area contributed by atoms with Crippen LogP contribution in [0.3, 0.4) is 0 Å². The van der Waals surface area contributed by atoms with E-state index < -0.39 is 22.6 Å². The number of methoxy groups -OCH3 is 2. The van der Waals surface area contributed by atoms with Crippen LogP contribution in [-0.2, 0) is 22.2 Å². The van der Waals surface area contributed by atoms with Gasteiger partial charge >= 0.3 is 6.18 Å². The zero-order valence-electron chi connectivity index (χ0n) is 13.4. The molecule has 9 nitrogen and oxygen atoms in total. The number of nitrogens with one attached hydrogen (secondary N) is 1. The molecule has 0 unspecified atom stereocenters. The van der Waals surface area contributed by atoms with Crippen LogP contribution in [-0.4, -0.2) is 54.0 Å². The molecule has 2 rings (SSSR count). The van der Waals surface area contributed by atoms with Crippen molar-refractivity contribution in [1.82, 2.24) is 15.2 Å². The van der Waals surface area contributed by atoms with E-state index in [0.717, 1.165) is 6.07 Å². The molecule has 1 saturated heterocycles. The lowest BCUT2D eigenvalue weighted by Gasteiger charge is -2.41. The number of halogens is 3. The summed E-state index contributed by atoms with van der Waals surface area (Å²) in [5.41, 5.74) is -1.22. The average Bonchev–Trinajstić information content (AvgIpc) is 2.56. The van der Waals surface area contributed by atoms with E-state index in [1.54, 1.807) is 0 Å². The predicted octanol–water partition coefficient (Wildman–Crippen LogP) is 1.04. The summed E-state index contributed by atoms with van der Waals surface area (Å²) >= 11 is 0. The van der Waals surface area contributed by atoms with Crippen LogP contribution in [0, 0.1) is 10.1 Å². The minimum absolute atomic E-state index is 0.0392. The fourth-order valence-corrected chi connectivity index (χ4v) is 2.41. The van der Waals surface area contributed by atoms with Crippen molar-refractivity contribution < 1.29 is 27.7 Å². The van der Waals surface area contributed by atoms with E-state index in [0.29, 0.717) is 0 Å². The molecule has 1 N–H and O–H groups in total. The highest BCUT2D eigenvalue weighted by molar-refractivity contribution is 5.80. The molecule has 0 saturated carbocycles. The van der Waals surface area contributed by atoms with Gasteiger partial charge in [-0.15, -0.1) is 0 Å². The zero-order valence-corrected chi connectivity index (χ0v) is 13.4. The molecule has 0 bridgehead atoms. The third-order valence-electron chi connectivity index (χ3n) is 3.70. The Morgan fingerprint density at radius 1 is 1.48 bits per heavy atom. The lowest BCUT2D eigenvalue weighted by atomic mass is 10.1. The van der Waals surface area contributed by atoms with Gasteiger partial charge in [-0.05, 0) is 12.1 Å². The summed E-state index contributed by atoms with van der Waals surface area (Å²) in [6.45, 7) is -0.408. The molecule has 0 spiro atoms. The number of pyridine rings is 1. The van der Waals surface area contributed by atoms with Gasteiger partial charge in [0.25, 0.3) is 5.96 Å². The number of nitrogens with zero attached hydrogens (tertiary/aromatic N) is 4. The largest absolute Gasteiger partial charge is 0.418 e. The second-order valence-electron chi connectivity index (χ2n) is 5.19. The molecule has 1 aliphatic rings. The fourth-order valence-electron chi connectivity index (χ4n) is 2.41. The summed E-state index contributed by atoms with van der Waals surface area (Å²) in [7, 11) is 2.72. The van der Waals surface area contributed by atoms with E-state index in [4.69, 9.17) is 9.47 Å². The van der Waals surface area contributed by atoms with Crippen molar-refractivity contribution in [1.29, 1.82) is 0 Å². The Kier molecular flexibility index (Phi) is 5.42. The van der Waals surface area contributed by atoms with Crippen LogP contribution in [0.25, 0.3) is 0 Å². The Balaban J connectivity index is 2.37. The van der Waals surface area contributed by atoms with Crippen LogP contribution in [0.4, 0.5) is 13.2 Å². The highest BCUT2D eigenvalue weighted by atomic mass is 19.4. The molecular weight excluding hydrogens is 347 g/mol. The normalized spacial score (nSPS) is 18.9. The van der Waals surface area contributed by atoms with Crippen molar-refractivity contribution in [3.8, 4) is 0 Å². The number of hydrazone groups is 1. The van der Waals surface area contributed by atoms with Gasteiger partial charge in [0.15, 0.2) is 5.03 Å². The first kappa shape index (κ1) is 18.9. The van der Waals surface area contributed by atoms with Crippen molar-refractivity contribution in [2.45, 2.75) is 18.5 Å². The number of guanidine groups is 1. The van der Waals surface area contributed by atoms with Crippen molar-refractivity contribution >= 4 is 5.96 Å². The van der Waals surface area contributed by atoms with Crippen LogP contribution >= 0.6 is 0 Å². The van der Waals surface area contributed by atoms with Gasteiger partial charge in [-0.25, -0.2) is 10.1 Å². The summed E-state index contributed by atoms with van der Waals surface area (Å²) in [4.78, 5) is 15.7. The summed E-state index contributed by atoms with van der Waals surface area (Å²) in [5, 5.41) is 15.6. The molecule has 1 aromatic rings. The first-order chi connectivity index (χ1) is 11.7. The number of hydrogen-bond donors (Lipinski definition) is 1. The number of nitro groups is 1. The number of hydrogen-bond acceptors (Lipinski definition) is 5. The highest BCUT2D eigenvalue weighted by Crippen LogP contribution is 2.32. The van der Waals surface area contributed by atoms with Gasteiger partial charge in [-0.2, -0.15) is 13.2 Å². The molecule has 12 heteroatoms. The van der Waals surface area contributed by atoms with E-state index in [1.807, 2.05) is 0 Å². The maximum atomic E-state index is 13.1. The average molecular weight is 363 g/mol. The van der Waals surface area contributed by atoms with Crippen molar-refractivity contribution in [3.05, 3.63) is 39.7 Å². The molecule has 1 fully saturated rings. The topological polar surface area (TPSA) is 102 Å². The highest BCUT2D eigenvalue weighted by Gasteiger charge is 2.41. The fraction of sp³-hybridized carbons (Fsp3) is 0.538. The van der Waals surface area contributed by atoms with Crippen LogP contribution in [0.5, 0.6) is 0 Å². The third kappa shape index (κ3) is 4.33. The third-order valence-corrected chi connectivity index (χ3v) is 3.70. The number of alkyl halides is 3. The molecule has 25 heavy (non-hydrogen) atoms. The maximum absolute atomic E-state index is 13.1. The monoisotopic (exact) mass is 363 g/mol. The van der Waals surface area contributed by atoms with Gasteiger partial charge < -0.3 is 19.7 Å². The lowest BCUT2D eigenvalue weighted by Crippen LogP contribution is -2.62. The van der Waals surface area contributed by atoms with Crippen LogP contribution in [0.15, 0.2) is 23.4 Å². The number of rotatable bonds is 5. The molecule has 138 valence electrons. The van der Waals surface area contributed by atoms with E-state index in [9.17, 15) is 23.3 Å². The molecule has 0 amide bonds. The first-order valence-corrected chi connectivity index (χ1v) is 7.04. The van der Waals surface area contributed by atoms with Gasteiger partial charge in [0.2, 0.25) is 5.79 Å². The summed E-state index contributed by atoms with van der Waals surface area (Å²) in [5.74, 6) is -1.39. The molecule has 1 aromatic heterocycles.